The highest BCUT2D eigenvalue weighted by atomic mass is 127. The molecule has 0 N–H and O–H groups in total. The van der Waals surface area contributed by atoms with Crippen LogP contribution >= 0.6 is 22.6 Å². The number of oxazole rings is 1. The molecule has 0 atom stereocenters. The third-order valence-electron chi connectivity index (χ3n) is 2.43. The zero-order valence-electron chi connectivity index (χ0n) is 11.2. The Hall–Kier alpha value is -1.38. The molecular weight excluding hydrogens is 380 g/mol. The monoisotopic (exact) mass is 393 g/mol. The summed E-state index contributed by atoms with van der Waals surface area (Å²) in [4.78, 5) is 23.5. The number of nitrogens with zero attached hydrogens (tertiary/aromatic N) is 1. The van der Waals surface area contributed by atoms with Gasteiger partial charge in [0, 0.05) is 0 Å². The lowest BCUT2D eigenvalue weighted by Gasteiger charge is -2.19. The molecule has 0 amide bonds. The lowest BCUT2D eigenvalue weighted by atomic mass is 10.2. The van der Waals surface area contributed by atoms with Crippen LogP contribution in [0.25, 0.3) is 11.1 Å². The zero-order valence-corrected chi connectivity index (χ0v) is 13.4. The van der Waals surface area contributed by atoms with Crippen LogP contribution in [0.4, 0.5) is 4.39 Å². The summed E-state index contributed by atoms with van der Waals surface area (Å²) in [7, 11) is 0. The number of hydrogen-bond acceptors (Lipinski definition) is 4. The molecule has 108 valence electrons. The molecule has 2 aromatic rings. The maximum Gasteiger partial charge on any atom is 0.420 e. The SMILES string of the molecule is CC(C)(C)OC(=O)Cn1c(=O)oc2ccc(I)c(F)c21. The van der Waals surface area contributed by atoms with Crippen LogP contribution in [-0.2, 0) is 16.1 Å². The summed E-state index contributed by atoms with van der Waals surface area (Å²) < 4.78 is 25.4. The summed E-state index contributed by atoms with van der Waals surface area (Å²) in [6.45, 7) is 4.75. The Kier molecular flexibility index (Phi) is 3.90. The van der Waals surface area contributed by atoms with Crippen molar-refractivity contribution in [2.45, 2.75) is 32.9 Å². The molecule has 1 aromatic heterocycles. The third-order valence-corrected chi connectivity index (χ3v) is 3.26. The van der Waals surface area contributed by atoms with E-state index >= 15 is 0 Å². The molecule has 0 saturated heterocycles. The van der Waals surface area contributed by atoms with Crippen molar-refractivity contribution < 1.29 is 18.3 Å². The molecule has 0 saturated carbocycles. The van der Waals surface area contributed by atoms with Gasteiger partial charge in [-0.25, -0.2) is 9.18 Å². The smallest absolute Gasteiger partial charge is 0.420 e. The van der Waals surface area contributed by atoms with Gasteiger partial charge in [-0.3, -0.25) is 9.36 Å². The van der Waals surface area contributed by atoms with E-state index in [2.05, 4.69) is 0 Å². The van der Waals surface area contributed by atoms with Crippen molar-refractivity contribution in [1.29, 1.82) is 0 Å². The second-order valence-corrected chi connectivity index (χ2v) is 6.41. The van der Waals surface area contributed by atoms with E-state index in [0.717, 1.165) is 4.57 Å². The Morgan fingerprint density at radius 3 is 2.70 bits per heavy atom. The minimum atomic E-state index is -0.785. The van der Waals surface area contributed by atoms with E-state index < -0.39 is 23.1 Å². The van der Waals surface area contributed by atoms with E-state index in [1.165, 1.54) is 12.1 Å². The number of ether oxygens (including phenoxy) is 1. The summed E-state index contributed by atoms with van der Waals surface area (Å²) in [5.74, 6) is -2.00. The fourth-order valence-electron chi connectivity index (χ4n) is 1.74. The Morgan fingerprint density at radius 1 is 1.45 bits per heavy atom. The van der Waals surface area contributed by atoms with E-state index in [-0.39, 0.29) is 17.6 Å². The highest BCUT2D eigenvalue weighted by Gasteiger charge is 2.21. The van der Waals surface area contributed by atoms with Crippen molar-refractivity contribution in [3.8, 4) is 0 Å². The van der Waals surface area contributed by atoms with Crippen molar-refractivity contribution in [3.63, 3.8) is 0 Å². The molecule has 1 aromatic carbocycles. The second-order valence-electron chi connectivity index (χ2n) is 5.25. The molecule has 0 aliphatic rings. The highest BCUT2D eigenvalue weighted by Crippen LogP contribution is 2.22. The first-order valence-corrected chi connectivity index (χ1v) is 6.96. The number of carbonyl (C=O) groups excluding carboxylic acids is 1. The van der Waals surface area contributed by atoms with Gasteiger partial charge in [0.25, 0.3) is 0 Å². The number of benzene rings is 1. The van der Waals surface area contributed by atoms with Crippen LogP contribution in [0, 0.1) is 9.39 Å². The van der Waals surface area contributed by atoms with Gasteiger partial charge in [0.15, 0.2) is 11.4 Å². The molecule has 0 aliphatic carbocycles. The number of hydrogen-bond donors (Lipinski definition) is 0. The number of rotatable bonds is 2. The molecule has 0 aliphatic heterocycles. The van der Waals surface area contributed by atoms with Crippen molar-refractivity contribution in [2.75, 3.05) is 0 Å². The average molecular weight is 393 g/mol. The number of aromatic nitrogens is 1. The van der Waals surface area contributed by atoms with Gasteiger partial charge in [-0.1, -0.05) is 0 Å². The molecule has 0 unspecified atom stereocenters. The number of fused-ring (bicyclic) bond motifs is 1. The van der Waals surface area contributed by atoms with Gasteiger partial charge in [0.2, 0.25) is 0 Å². The largest absolute Gasteiger partial charge is 0.459 e. The Bertz CT molecular complexity index is 726. The molecular formula is C13H13FINO4. The molecule has 0 radical (unpaired) electrons. The first-order valence-electron chi connectivity index (χ1n) is 5.88. The third kappa shape index (κ3) is 3.02. The first kappa shape index (κ1) is 15.0. The van der Waals surface area contributed by atoms with Crippen LogP contribution in [0.15, 0.2) is 21.3 Å². The fourth-order valence-corrected chi connectivity index (χ4v) is 2.18. The number of carbonyl (C=O) groups is 1. The maximum absolute atomic E-state index is 14.1. The van der Waals surface area contributed by atoms with E-state index in [0.29, 0.717) is 3.57 Å². The normalized spacial score (nSPS) is 11.8. The Balaban J connectivity index is 2.45. The fraction of sp³-hybridized carbons (Fsp3) is 0.385. The van der Waals surface area contributed by atoms with Gasteiger partial charge in [0.05, 0.1) is 3.57 Å². The average Bonchev–Trinajstić information content (AvgIpc) is 2.59. The molecule has 0 fully saturated rings. The molecule has 20 heavy (non-hydrogen) atoms. The zero-order chi connectivity index (χ0) is 15.1. The van der Waals surface area contributed by atoms with Gasteiger partial charge in [-0.2, -0.15) is 0 Å². The lowest BCUT2D eigenvalue weighted by molar-refractivity contribution is -0.155. The van der Waals surface area contributed by atoms with Gasteiger partial charge < -0.3 is 9.15 Å². The molecule has 0 bridgehead atoms. The summed E-state index contributed by atoms with van der Waals surface area (Å²) >= 11 is 1.81. The van der Waals surface area contributed by atoms with Crippen molar-refractivity contribution in [1.82, 2.24) is 4.57 Å². The summed E-state index contributed by atoms with van der Waals surface area (Å²) in [5.41, 5.74) is -0.586. The topological polar surface area (TPSA) is 61.4 Å². The van der Waals surface area contributed by atoms with Gasteiger partial charge in [0.1, 0.15) is 17.7 Å². The van der Waals surface area contributed by atoms with Crippen molar-refractivity contribution >= 4 is 39.7 Å². The predicted octanol–water partition coefficient (Wildman–Crippen LogP) is 2.68. The predicted molar refractivity (Wildman–Crippen MR) is 79.0 cm³/mol. The number of esters is 1. The van der Waals surface area contributed by atoms with Crippen LogP contribution < -0.4 is 5.76 Å². The summed E-state index contributed by atoms with van der Waals surface area (Å²) in [6, 6.07) is 2.99. The van der Waals surface area contributed by atoms with E-state index in [4.69, 9.17) is 9.15 Å². The first-order chi connectivity index (χ1) is 9.19. The molecule has 5 nitrogen and oxygen atoms in total. The van der Waals surface area contributed by atoms with Crippen molar-refractivity contribution in [2.24, 2.45) is 0 Å². The standard InChI is InChI=1S/C13H13FINO4/c1-13(2,3)20-9(17)6-16-11-8(19-12(16)18)5-4-7(15)10(11)14/h4-5H,6H2,1-3H3. The van der Waals surface area contributed by atoms with Crippen molar-refractivity contribution in [3.05, 3.63) is 32.1 Å². The lowest BCUT2D eigenvalue weighted by Crippen LogP contribution is -2.29. The quantitative estimate of drug-likeness (QED) is 0.582. The van der Waals surface area contributed by atoms with E-state index in [1.807, 2.05) is 0 Å². The minimum absolute atomic E-state index is 0.0206. The Labute approximate surface area is 127 Å². The number of halogens is 2. The Morgan fingerprint density at radius 2 is 2.10 bits per heavy atom. The summed E-state index contributed by atoms with van der Waals surface area (Å²) in [5, 5.41) is 0. The van der Waals surface area contributed by atoms with E-state index in [1.54, 1.807) is 43.4 Å². The van der Waals surface area contributed by atoms with E-state index in [9.17, 15) is 14.0 Å². The van der Waals surface area contributed by atoms with Gasteiger partial charge in [-0.15, -0.1) is 0 Å². The molecule has 2 rings (SSSR count). The van der Waals surface area contributed by atoms with Crippen LogP contribution in [-0.4, -0.2) is 16.1 Å². The minimum Gasteiger partial charge on any atom is -0.459 e. The molecule has 0 spiro atoms. The van der Waals surface area contributed by atoms with Crippen LogP contribution in [0.2, 0.25) is 0 Å². The molecule has 1 heterocycles. The van der Waals surface area contributed by atoms with Crippen LogP contribution in [0.3, 0.4) is 0 Å². The maximum atomic E-state index is 14.1. The van der Waals surface area contributed by atoms with Gasteiger partial charge in [-0.05, 0) is 55.5 Å². The van der Waals surface area contributed by atoms with Crippen LogP contribution in [0.5, 0.6) is 0 Å². The van der Waals surface area contributed by atoms with Crippen LogP contribution in [0.1, 0.15) is 20.8 Å². The van der Waals surface area contributed by atoms with Gasteiger partial charge >= 0.3 is 11.7 Å². The second kappa shape index (κ2) is 5.19. The summed E-state index contributed by atoms with van der Waals surface area (Å²) in [6.07, 6.45) is 0. The molecule has 7 heteroatoms. The highest BCUT2D eigenvalue weighted by molar-refractivity contribution is 14.1.